The van der Waals surface area contributed by atoms with Crippen molar-refractivity contribution in [3.05, 3.63) is 51.1 Å². The Hall–Kier alpha value is -1.06. The number of hydrogen-bond acceptors (Lipinski definition) is 2. The molecule has 0 aliphatic heterocycles. The summed E-state index contributed by atoms with van der Waals surface area (Å²) in [6.45, 7) is 6.20. The first kappa shape index (κ1) is 14.4. The molecular formula is C15H15BrClNO. The van der Waals surface area contributed by atoms with Crippen LogP contribution in [0.1, 0.15) is 30.9 Å². The van der Waals surface area contributed by atoms with Crippen molar-refractivity contribution in [2.24, 2.45) is 0 Å². The highest BCUT2D eigenvalue weighted by Crippen LogP contribution is 2.33. The van der Waals surface area contributed by atoms with E-state index in [0.29, 0.717) is 11.8 Å². The zero-order valence-electron chi connectivity index (χ0n) is 11.1. The van der Waals surface area contributed by atoms with E-state index in [1.165, 1.54) is 0 Å². The van der Waals surface area contributed by atoms with Gasteiger partial charge >= 0.3 is 0 Å². The molecule has 2 rings (SSSR count). The van der Waals surface area contributed by atoms with E-state index >= 15 is 0 Å². The van der Waals surface area contributed by atoms with Crippen molar-refractivity contribution in [2.45, 2.75) is 26.7 Å². The van der Waals surface area contributed by atoms with Crippen molar-refractivity contribution in [3.63, 3.8) is 0 Å². The average Bonchev–Trinajstić information content (AvgIpc) is 2.34. The lowest BCUT2D eigenvalue weighted by Crippen LogP contribution is -1.95. The fraction of sp³-hybridized carbons (Fsp3) is 0.267. The van der Waals surface area contributed by atoms with Crippen molar-refractivity contribution >= 4 is 27.5 Å². The minimum absolute atomic E-state index is 0.355. The minimum atomic E-state index is 0.355. The lowest BCUT2D eigenvalue weighted by molar-refractivity contribution is 0.458. The molecule has 0 bridgehead atoms. The molecule has 19 heavy (non-hydrogen) atoms. The molecule has 100 valence electrons. The standard InChI is InChI=1S/C15H15BrClNO/c1-9(2)12-7-14(10(3)6-13(12)17)19-15-5-4-11(16)8-18-15/h4-9H,1-3H3. The number of rotatable bonds is 3. The fourth-order valence-corrected chi connectivity index (χ4v) is 2.43. The van der Waals surface area contributed by atoms with Gasteiger partial charge in [-0.1, -0.05) is 25.4 Å². The third-order valence-corrected chi connectivity index (χ3v) is 3.63. The topological polar surface area (TPSA) is 22.1 Å². The van der Waals surface area contributed by atoms with Crippen molar-refractivity contribution < 1.29 is 4.74 Å². The van der Waals surface area contributed by atoms with Crippen molar-refractivity contribution in [1.29, 1.82) is 0 Å². The summed E-state index contributed by atoms with van der Waals surface area (Å²) in [5.41, 5.74) is 2.08. The quantitative estimate of drug-likeness (QED) is 0.712. The predicted octanol–water partition coefficient (Wildman–Crippen LogP) is 5.72. The van der Waals surface area contributed by atoms with Crippen LogP contribution in [0, 0.1) is 6.92 Å². The maximum Gasteiger partial charge on any atom is 0.219 e. The van der Waals surface area contributed by atoms with Gasteiger partial charge in [0.15, 0.2) is 0 Å². The molecule has 1 aromatic carbocycles. The molecule has 2 aromatic rings. The zero-order chi connectivity index (χ0) is 14.0. The van der Waals surface area contributed by atoms with Gasteiger partial charge in [-0.3, -0.25) is 0 Å². The molecule has 0 atom stereocenters. The molecule has 0 spiro atoms. The summed E-state index contributed by atoms with van der Waals surface area (Å²) in [5.74, 6) is 1.72. The Morgan fingerprint density at radius 2 is 2.00 bits per heavy atom. The predicted molar refractivity (Wildman–Crippen MR) is 82.3 cm³/mol. The molecule has 0 aliphatic carbocycles. The molecule has 0 amide bonds. The van der Waals surface area contributed by atoms with Crippen LogP contribution in [-0.4, -0.2) is 4.98 Å². The zero-order valence-corrected chi connectivity index (χ0v) is 13.4. The lowest BCUT2D eigenvalue weighted by atomic mass is 10.0. The van der Waals surface area contributed by atoms with Gasteiger partial charge in [0.05, 0.1) is 0 Å². The van der Waals surface area contributed by atoms with Crippen LogP contribution in [0.3, 0.4) is 0 Å². The van der Waals surface area contributed by atoms with Gasteiger partial charge in [0.2, 0.25) is 5.88 Å². The summed E-state index contributed by atoms with van der Waals surface area (Å²) >= 11 is 9.59. The SMILES string of the molecule is Cc1cc(Cl)c(C(C)C)cc1Oc1ccc(Br)cn1. The maximum atomic E-state index is 6.24. The number of halogens is 2. The summed E-state index contributed by atoms with van der Waals surface area (Å²) in [5, 5.41) is 0.781. The van der Waals surface area contributed by atoms with E-state index in [1.54, 1.807) is 6.20 Å². The highest BCUT2D eigenvalue weighted by molar-refractivity contribution is 9.10. The number of nitrogens with zero attached hydrogens (tertiary/aromatic N) is 1. The van der Waals surface area contributed by atoms with Gasteiger partial charge in [0.25, 0.3) is 0 Å². The third-order valence-electron chi connectivity index (χ3n) is 2.83. The normalized spacial score (nSPS) is 10.8. The van der Waals surface area contributed by atoms with Gasteiger partial charge in [-0.2, -0.15) is 0 Å². The Morgan fingerprint density at radius 3 is 2.58 bits per heavy atom. The first-order chi connectivity index (χ1) is 8.97. The van der Waals surface area contributed by atoms with E-state index in [-0.39, 0.29) is 0 Å². The number of benzene rings is 1. The van der Waals surface area contributed by atoms with Gasteiger partial charge in [-0.15, -0.1) is 0 Å². The smallest absolute Gasteiger partial charge is 0.219 e. The van der Waals surface area contributed by atoms with Crippen LogP contribution in [0.15, 0.2) is 34.9 Å². The molecule has 0 aliphatic rings. The first-order valence-corrected chi connectivity index (χ1v) is 7.24. The van der Waals surface area contributed by atoms with Crippen molar-refractivity contribution in [2.75, 3.05) is 0 Å². The van der Waals surface area contributed by atoms with Crippen molar-refractivity contribution in [3.8, 4) is 11.6 Å². The van der Waals surface area contributed by atoms with E-state index in [1.807, 2.05) is 31.2 Å². The number of pyridine rings is 1. The maximum absolute atomic E-state index is 6.24. The van der Waals surface area contributed by atoms with Crippen molar-refractivity contribution in [1.82, 2.24) is 4.98 Å². The molecule has 0 unspecified atom stereocenters. The van der Waals surface area contributed by atoms with Gasteiger partial charge in [-0.25, -0.2) is 4.98 Å². The summed E-state index contributed by atoms with van der Waals surface area (Å²) in [6.07, 6.45) is 1.71. The highest BCUT2D eigenvalue weighted by atomic mass is 79.9. The molecular weight excluding hydrogens is 326 g/mol. The molecule has 2 nitrogen and oxygen atoms in total. The Balaban J connectivity index is 2.34. The number of aromatic nitrogens is 1. The molecule has 0 saturated carbocycles. The second kappa shape index (κ2) is 5.93. The molecule has 0 saturated heterocycles. The van der Waals surface area contributed by atoms with Crippen LogP contribution in [0.25, 0.3) is 0 Å². The summed E-state index contributed by atoms with van der Waals surface area (Å²) in [4.78, 5) is 4.21. The lowest BCUT2D eigenvalue weighted by Gasteiger charge is -2.14. The molecule has 0 radical (unpaired) electrons. The van der Waals surface area contributed by atoms with Gasteiger partial charge in [0, 0.05) is 21.8 Å². The monoisotopic (exact) mass is 339 g/mol. The molecule has 0 fully saturated rings. The van der Waals surface area contributed by atoms with E-state index in [4.69, 9.17) is 16.3 Å². The summed E-state index contributed by atoms with van der Waals surface area (Å²) in [7, 11) is 0. The van der Waals surface area contributed by atoms with Crippen LogP contribution >= 0.6 is 27.5 Å². The van der Waals surface area contributed by atoms with Crippen LogP contribution in [0.2, 0.25) is 5.02 Å². The summed E-state index contributed by atoms with van der Waals surface area (Å²) in [6, 6.07) is 7.65. The number of aryl methyl sites for hydroxylation is 1. The molecule has 4 heteroatoms. The third kappa shape index (κ3) is 3.48. The number of hydrogen-bond donors (Lipinski definition) is 0. The van der Waals surface area contributed by atoms with Gasteiger partial charge in [-0.05, 0) is 58.1 Å². The Labute approximate surface area is 126 Å². The Kier molecular flexibility index (Phi) is 4.48. The fourth-order valence-electron chi connectivity index (χ4n) is 1.76. The Bertz CT molecular complexity index is 581. The Morgan fingerprint density at radius 1 is 1.26 bits per heavy atom. The van der Waals surface area contributed by atoms with E-state index in [0.717, 1.165) is 26.4 Å². The van der Waals surface area contributed by atoms with E-state index in [2.05, 4.69) is 34.8 Å². The van der Waals surface area contributed by atoms with Gasteiger partial charge in [0.1, 0.15) is 5.75 Å². The molecule has 0 N–H and O–H groups in total. The largest absolute Gasteiger partial charge is 0.439 e. The first-order valence-electron chi connectivity index (χ1n) is 6.07. The van der Waals surface area contributed by atoms with Crippen LogP contribution in [-0.2, 0) is 0 Å². The molecule has 1 heterocycles. The van der Waals surface area contributed by atoms with Crippen LogP contribution in [0.4, 0.5) is 0 Å². The minimum Gasteiger partial charge on any atom is -0.439 e. The molecule has 1 aromatic heterocycles. The second-order valence-corrected chi connectivity index (χ2v) is 6.03. The van der Waals surface area contributed by atoms with Gasteiger partial charge < -0.3 is 4.74 Å². The van der Waals surface area contributed by atoms with Crippen LogP contribution in [0.5, 0.6) is 11.6 Å². The van der Waals surface area contributed by atoms with E-state index < -0.39 is 0 Å². The van der Waals surface area contributed by atoms with Crippen LogP contribution < -0.4 is 4.74 Å². The van der Waals surface area contributed by atoms with E-state index in [9.17, 15) is 0 Å². The highest BCUT2D eigenvalue weighted by Gasteiger charge is 2.11. The average molecular weight is 341 g/mol. The second-order valence-electron chi connectivity index (χ2n) is 4.71. The summed E-state index contributed by atoms with van der Waals surface area (Å²) < 4.78 is 6.75. The number of ether oxygens (including phenoxy) is 1.